The van der Waals surface area contributed by atoms with Gasteiger partial charge in [0, 0.05) is 50.5 Å². The van der Waals surface area contributed by atoms with E-state index in [1.165, 1.54) is 11.3 Å². The number of ether oxygens (including phenoxy) is 1. The Bertz CT molecular complexity index is 631. The summed E-state index contributed by atoms with van der Waals surface area (Å²) in [5.41, 5.74) is 2.51. The van der Waals surface area contributed by atoms with Crippen molar-refractivity contribution in [1.82, 2.24) is 15.5 Å². The number of halogens is 1. The first-order valence-corrected chi connectivity index (χ1v) is 10.8. The van der Waals surface area contributed by atoms with Gasteiger partial charge in [0.1, 0.15) is 0 Å². The van der Waals surface area contributed by atoms with E-state index in [1.54, 1.807) is 0 Å². The molecule has 2 aliphatic heterocycles. The van der Waals surface area contributed by atoms with Gasteiger partial charge in [0.05, 0.1) is 19.8 Å². The van der Waals surface area contributed by atoms with E-state index >= 15 is 0 Å². The van der Waals surface area contributed by atoms with Crippen LogP contribution in [0.2, 0.25) is 0 Å². The van der Waals surface area contributed by atoms with Crippen LogP contribution in [-0.2, 0) is 11.3 Å². The summed E-state index contributed by atoms with van der Waals surface area (Å²) in [7, 11) is 0. The number of nitrogens with zero attached hydrogens (tertiary/aromatic N) is 3. The Balaban J connectivity index is 0.00000300. The van der Waals surface area contributed by atoms with Gasteiger partial charge in [-0.05, 0) is 44.4 Å². The Hall–Kier alpha value is -1.06. The van der Waals surface area contributed by atoms with Crippen molar-refractivity contribution in [3.63, 3.8) is 0 Å². The molecule has 2 atom stereocenters. The Morgan fingerprint density at radius 2 is 1.86 bits per heavy atom. The highest BCUT2D eigenvalue weighted by Gasteiger charge is 2.31. The molecule has 0 aromatic heterocycles. The van der Waals surface area contributed by atoms with Crippen LogP contribution < -0.4 is 15.5 Å². The van der Waals surface area contributed by atoms with Crippen molar-refractivity contribution in [2.45, 2.75) is 46.3 Å². The second-order valence-electron chi connectivity index (χ2n) is 8.24. The highest BCUT2D eigenvalue weighted by molar-refractivity contribution is 14.0. The number of hydrogen-bond acceptors (Lipinski definition) is 4. The van der Waals surface area contributed by atoms with Crippen molar-refractivity contribution < 1.29 is 4.74 Å². The minimum atomic E-state index is 0. The van der Waals surface area contributed by atoms with Crippen molar-refractivity contribution in [3.05, 3.63) is 29.8 Å². The van der Waals surface area contributed by atoms with E-state index < -0.39 is 0 Å². The first-order chi connectivity index (χ1) is 13.6. The van der Waals surface area contributed by atoms with Gasteiger partial charge in [-0.25, -0.2) is 4.99 Å². The molecule has 164 valence electrons. The second kappa shape index (κ2) is 12.0. The van der Waals surface area contributed by atoms with Gasteiger partial charge in [-0.2, -0.15) is 0 Å². The third-order valence-corrected chi connectivity index (χ3v) is 5.77. The molecule has 0 radical (unpaired) electrons. The Kier molecular flexibility index (Phi) is 9.98. The molecule has 3 rings (SSSR count). The van der Waals surface area contributed by atoms with Gasteiger partial charge in [0.2, 0.25) is 0 Å². The van der Waals surface area contributed by atoms with E-state index in [0.29, 0.717) is 24.5 Å². The van der Waals surface area contributed by atoms with Crippen LogP contribution in [0.3, 0.4) is 0 Å². The quantitative estimate of drug-likeness (QED) is 0.347. The molecule has 29 heavy (non-hydrogen) atoms. The van der Waals surface area contributed by atoms with Crippen molar-refractivity contribution in [2.24, 2.45) is 10.9 Å². The predicted octanol–water partition coefficient (Wildman–Crippen LogP) is 2.93. The van der Waals surface area contributed by atoms with Gasteiger partial charge in [0.15, 0.2) is 5.96 Å². The SMILES string of the molecule is CCNC(=NCc1ccc(N2CCOCC2)cc1)NC1CN(C(C)C)CC1C.I. The number of nitrogens with one attached hydrogen (secondary N) is 2. The van der Waals surface area contributed by atoms with Crippen molar-refractivity contribution >= 4 is 35.6 Å². The molecule has 0 spiro atoms. The molecule has 7 heteroatoms. The first kappa shape index (κ1) is 24.2. The van der Waals surface area contributed by atoms with Crippen LogP contribution in [0.25, 0.3) is 0 Å². The van der Waals surface area contributed by atoms with E-state index in [2.05, 4.69) is 72.4 Å². The third-order valence-electron chi connectivity index (χ3n) is 5.77. The summed E-state index contributed by atoms with van der Waals surface area (Å²) in [4.78, 5) is 9.75. The summed E-state index contributed by atoms with van der Waals surface area (Å²) in [5.74, 6) is 1.54. The number of benzene rings is 1. The molecule has 2 fully saturated rings. The van der Waals surface area contributed by atoms with E-state index in [4.69, 9.17) is 9.73 Å². The normalized spacial score (nSPS) is 23.2. The molecule has 0 saturated carbocycles. The largest absolute Gasteiger partial charge is 0.378 e. The lowest BCUT2D eigenvalue weighted by molar-refractivity contribution is 0.122. The predicted molar refractivity (Wildman–Crippen MR) is 133 cm³/mol. The van der Waals surface area contributed by atoms with Gasteiger partial charge in [-0.1, -0.05) is 19.1 Å². The fourth-order valence-corrected chi connectivity index (χ4v) is 3.91. The molecular formula is C22H38IN5O. The fraction of sp³-hybridized carbons (Fsp3) is 0.682. The number of anilines is 1. The maximum atomic E-state index is 5.44. The van der Waals surface area contributed by atoms with Crippen LogP contribution in [-0.4, -0.2) is 68.9 Å². The van der Waals surface area contributed by atoms with E-state index in [-0.39, 0.29) is 24.0 Å². The first-order valence-electron chi connectivity index (χ1n) is 10.8. The minimum absolute atomic E-state index is 0. The zero-order chi connectivity index (χ0) is 19.9. The van der Waals surface area contributed by atoms with Crippen LogP contribution in [0, 0.1) is 5.92 Å². The summed E-state index contributed by atoms with van der Waals surface area (Å²) in [6.45, 7) is 16.4. The zero-order valence-electron chi connectivity index (χ0n) is 18.4. The van der Waals surface area contributed by atoms with Crippen molar-refractivity contribution in [1.29, 1.82) is 0 Å². The summed E-state index contributed by atoms with van der Waals surface area (Å²) in [6, 6.07) is 9.84. The second-order valence-corrected chi connectivity index (χ2v) is 8.24. The minimum Gasteiger partial charge on any atom is -0.378 e. The van der Waals surface area contributed by atoms with Gasteiger partial charge in [-0.15, -0.1) is 24.0 Å². The molecule has 2 aliphatic rings. The smallest absolute Gasteiger partial charge is 0.191 e. The summed E-state index contributed by atoms with van der Waals surface area (Å²) in [5, 5.41) is 7.07. The van der Waals surface area contributed by atoms with Crippen LogP contribution in [0.15, 0.2) is 29.3 Å². The lowest BCUT2D eigenvalue weighted by Gasteiger charge is -2.28. The maximum Gasteiger partial charge on any atom is 0.191 e. The number of guanidine groups is 1. The standard InChI is InChI=1S/C22H37N5O.HI/c1-5-23-22(25-21-16-27(17(2)3)15-18(21)4)24-14-19-6-8-20(9-7-19)26-10-12-28-13-11-26;/h6-9,17-18,21H,5,10-16H2,1-4H3,(H2,23,24,25);1H. The van der Waals surface area contributed by atoms with Crippen LogP contribution >= 0.6 is 24.0 Å². The molecule has 2 unspecified atom stereocenters. The van der Waals surface area contributed by atoms with E-state index in [1.807, 2.05) is 0 Å². The Morgan fingerprint density at radius 1 is 1.17 bits per heavy atom. The number of hydrogen-bond donors (Lipinski definition) is 2. The number of likely N-dealkylation sites (tertiary alicyclic amines) is 1. The van der Waals surface area contributed by atoms with Gasteiger partial charge in [-0.3, -0.25) is 4.90 Å². The van der Waals surface area contributed by atoms with Gasteiger partial charge < -0.3 is 20.3 Å². The molecule has 2 N–H and O–H groups in total. The molecule has 2 saturated heterocycles. The number of rotatable bonds is 6. The summed E-state index contributed by atoms with van der Waals surface area (Å²) >= 11 is 0. The van der Waals surface area contributed by atoms with Crippen molar-refractivity contribution in [2.75, 3.05) is 50.8 Å². The van der Waals surface area contributed by atoms with Crippen LogP contribution in [0.5, 0.6) is 0 Å². The molecule has 1 aromatic rings. The topological polar surface area (TPSA) is 52.1 Å². The average Bonchev–Trinajstić information content (AvgIpc) is 3.08. The monoisotopic (exact) mass is 515 g/mol. The molecule has 6 nitrogen and oxygen atoms in total. The number of aliphatic imine (C=N–C) groups is 1. The van der Waals surface area contributed by atoms with Crippen molar-refractivity contribution in [3.8, 4) is 0 Å². The average molecular weight is 515 g/mol. The van der Waals surface area contributed by atoms with Gasteiger partial charge >= 0.3 is 0 Å². The summed E-state index contributed by atoms with van der Waals surface area (Å²) in [6.07, 6.45) is 0. The molecule has 0 bridgehead atoms. The third kappa shape index (κ3) is 7.00. The lowest BCUT2D eigenvalue weighted by atomic mass is 10.1. The maximum absolute atomic E-state index is 5.44. The number of morpholine rings is 1. The fourth-order valence-electron chi connectivity index (χ4n) is 3.91. The van der Waals surface area contributed by atoms with Gasteiger partial charge in [0.25, 0.3) is 0 Å². The Labute approximate surface area is 193 Å². The molecule has 1 aromatic carbocycles. The molecular weight excluding hydrogens is 477 g/mol. The summed E-state index contributed by atoms with van der Waals surface area (Å²) < 4.78 is 5.44. The van der Waals surface area contributed by atoms with Crippen LogP contribution in [0.4, 0.5) is 5.69 Å². The Morgan fingerprint density at radius 3 is 2.45 bits per heavy atom. The molecule has 2 heterocycles. The van der Waals surface area contributed by atoms with E-state index in [0.717, 1.165) is 51.9 Å². The van der Waals surface area contributed by atoms with E-state index in [9.17, 15) is 0 Å². The highest BCUT2D eigenvalue weighted by Crippen LogP contribution is 2.19. The molecule has 0 aliphatic carbocycles. The molecule has 0 amide bonds. The lowest BCUT2D eigenvalue weighted by Crippen LogP contribution is -2.46. The highest BCUT2D eigenvalue weighted by atomic mass is 127. The van der Waals surface area contributed by atoms with Crippen LogP contribution in [0.1, 0.15) is 33.3 Å². The zero-order valence-corrected chi connectivity index (χ0v) is 20.7.